The summed E-state index contributed by atoms with van der Waals surface area (Å²) in [5, 5.41) is 2.77. The first-order valence-corrected chi connectivity index (χ1v) is 9.77. The van der Waals surface area contributed by atoms with Gasteiger partial charge in [0.05, 0.1) is 17.7 Å². The number of anilines is 1. The lowest BCUT2D eigenvalue weighted by molar-refractivity contribution is 0.102. The Kier molecular flexibility index (Phi) is 6.39. The molecule has 0 spiro atoms. The third-order valence-electron chi connectivity index (χ3n) is 3.69. The second-order valence-electron chi connectivity index (χ2n) is 6.43. The highest BCUT2D eigenvalue weighted by molar-refractivity contribution is 7.89. The van der Waals surface area contributed by atoms with Crippen LogP contribution < -0.4 is 14.8 Å². The molecule has 0 saturated carbocycles. The van der Waals surface area contributed by atoms with Crippen LogP contribution >= 0.6 is 0 Å². The summed E-state index contributed by atoms with van der Waals surface area (Å²) < 4.78 is 32.5. The molecule has 0 bridgehead atoms. The van der Waals surface area contributed by atoms with Crippen molar-refractivity contribution in [1.29, 1.82) is 0 Å². The summed E-state index contributed by atoms with van der Waals surface area (Å²) >= 11 is 0. The lowest BCUT2D eigenvalue weighted by atomic mass is 10.1. The Hall–Kier alpha value is -2.38. The van der Waals surface area contributed by atoms with E-state index in [1.165, 1.54) is 19.2 Å². The molecule has 0 atom stereocenters. The van der Waals surface area contributed by atoms with Crippen molar-refractivity contribution < 1.29 is 17.9 Å². The number of sulfonamides is 1. The molecule has 0 heterocycles. The van der Waals surface area contributed by atoms with Crippen LogP contribution in [0.15, 0.2) is 47.4 Å². The SMILES string of the molecule is COc1ccc(C)cc1NC(=O)c1cccc(S(=O)(=O)NCC(C)C)c1. The third-order valence-corrected chi connectivity index (χ3v) is 5.11. The van der Waals surface area contributed by atoms with Crippen molar-refractivity contribution in [3.63, 3.8) is 0 Å². The van der Waals surface area contributed by atoms with Crippen LogP contribution in [-0.2, 0) is 10.0 Å². The van der Waals surface area contributed by atoms with E-state index in [-0.39, 0.29) is 16.4 Å². The molecule has 0 radical (unpaired) electrons. The lowest BCUT2D eigenvalue weighted by Gasteiger charge is -2.12. The average Bonchev–Trinajstić information content (AvgIpc) is 2.60. The summed E-state index contributed by atoms with van der Waals surface area (Å²) in [6.07, 6.45) is 0. The first kappa shape index (κ1) is 19.9. The molecule has 2 aromatic rings. The van der Waals surface area contributed by atoms with Crippen LogP contribution in [-0.4, -0.2) is 28.0 Å². The van der Waals surface area contributed by atoms with Crippen molar-refractivity contribution in [1.82, 2.24) is 4.72 Å². The number of carbonyl (C=O) groups is 1. The van der Waals surface area contributed by atoms with E-state index in [0.717, 1.165) is 5.56 Å². The van der Waals surface area contributed by atoms with Gasteiger partial charge < -0.3 is 10.1 Å². The molecule has 2 N–H and O–H groups in total. The molecule has 0 aliphatic carbocycles. The smallest absolute Gasteiger partial charge is 0.255 e. The average molecular weight is 376 g/mol. The van der Waals surface area contributed by atoms with E-state index in [1.54, 1.807) is 24.3 Å². The van der Waals surface area contributed by atoms with E-state index >= 15 is 0 Å². The van der Waals surface area contributed by atoms with Crippen LogP contribution in [0.1, 0.15) is 29.8 Å². The molecule has 0 aliphatic heterocycles. The summed E-state index contributed by atoms with van der Waals surface area (Å²) in [5.41, 5.74) is 1.75. The zero-order valence-electron chi connectivity index (χ0n) is 15.4. The topological polar surface area (TPSA) is 84.5 Å². The van der Waals surface area contributed by atoms with Gasteiger partial charge in [-0.1, -0.05) is 26.0 Å². The van der Waals surface area contributed by atoms with Crippen molar-refractivity contribution in [2.45, 2.75) is 25.7 Å². The molecule has 7 heteroatoms. The number of carbonyl (C=O) groups excluding carboxylic acids is 1. The Morgan fingerprint density at radius 1 is 1.15 bits per heavy atom. The fraction of sp³-hybridized carbons (Fsp3) is 0.316. The Balaban J connectivity index is 2.25. The Bertz CT molecular complexity index is 892. The third kappa shape index (κ3) is 5.06. The number of amides is 1. The molecule has 2 aromatic carbocycles. The van der Waals surface area contributed by atoms with Gasteiger partial charge in [0, 0.05) is 12.1 Å². The first-order valence-electron chi connectivity index (χ1n) is 8.28. The largest absolute Gasteiger partial charge is 0.495 e. The van der Waals surface area contributed by atoms with E-state index in [1.807, 2.05) is 26.8 Å². The highest BCUT2D eigenvalue weighted by atomic mass is 32.2. The molecule has 1 amide bonds. The molecule has 0 fully saturated rings. The van der Waals surface area contributed by atoms with Gasteiger partial charge in [0.25, 0.3) is 5.91 Å². The number of nitrogens with one attached hydrogen (secondary N) is 2. The van der Waals surface area contributed by atoms with E-state index in [9.17, 15) is 13.2 Å². The van der Waals surface area contributed by atoms with Crippen molar-refractivity contribution in [2.24, 2.45) is 5.92 Å². The number of hydrogen-bond donors (Lipinski definition) is 2. The van der Waals surface area contributed by atoms with Gasteiger partial charge in [-0.05, 0) is 48.7 Å². The van der Waals surface area contributed by atoms with Crippen LogP contribution in [0.2, 0.25) is 0 Å². The van der Waals surface area contributed by atoms with E-state index in [2.05, 4.69) is 10.0 Å². The molecule has 0 aromatic heterocycles. The minimum atomic E-state index is -3.66. The minimum Gasteiger partial charge on any atom is -0.495 e. The maximum Gasteiger partial charge on any atom is 0.255 e. The van der Waals surface area contributed by atoms with Crippen molar-refractivity contribution in [2.75, 3.05) is 19.0 Å². The summed E-state index contributed by atoms with van der Waals surface area (Å²) in [6, 6.07) is 11.4. The Labute approximate surface area is 154 Å². The second kappa shape index (κ2) is 8.33. The van der Waals surface area contributed by atoms with Crippen LogP contribution in [0.4, 0.5) is 5.69 Å². The van der Waals surface area contributed by atoms with Gasteiger partial charge in [0.2, 0.25) is 10.0 Å². The summed E-state index contributed by atoms with van der Waals surface area (Å²) in [7, 11) is -2.14. The molecule has 0 aliphatic rings. The zero-order chi connectivity index (χ0) is 19.3. The van der Waals surface area contributed by atoms with Crippen LogP contribution in [0.5, 0.6) is 5.75 Å². The number of methoxy groups -OCH3 is 1. The van der Waals surface area contributed by atoms with E-state index < -0.39 is 15.9 Å². The van der Waals surface area contributed by atoms with E-state index in [0.29, 0.717) is 18.0 Å². The normalized spacial score (nSPS) is 11.4. The van der Waals surface area contributed by atoms with Crippen LogP contribution in [0.3, 0.4) is 0 Å². The summed E-state index contributed by atoms with van der Waals surface area (Å²) in [4.78, 5) is 12.6. The summed E-state index contributed by atoms with van der Waals surface area (Å²) in [5.74, 6) is 0.311. The number of aryl methyl sites for hydroxylation is 1. The molecular weight excluding hydrogens is 352 g/mol. The van der Waals surface area contributed by atoms with Crippen molar-refractivity contribution in [3.8, 4) is 5.75 Å². The van der Waals surface area contributed by atoms with Gasteiger partial charge in [0.1, 0.15) is 5.75 Å². The van der Waals surface area contributed by atoms with Crippen LogP contribution in [0.25, 0.3) is 0 Å². The van der Waals surface area contributed by atoms with Gasteiger partial charge in [-0.3, -0.25) is 4.79 Å². The number of hydrogen-bond acceptors (Lipinski definition) is 4. The van der Waals surface area contributed by atoms with Gasteiger partial charge >= 0.3 is 0 Å². The van der Waals surface area contributed by atoms with Crippen molar-refractivity contribution >= 4 is 21.6 Å². The van der Waals surface area contributed by atoms with Gasteiger partial charge in [-0.25, -0.2) is 13.1 Å². The molecule has 6 nitrogen and oxygen atoms in total. The molecule has 0 saturated heterocycles. The van der Waals surface area contributed by atoms with Crippen molar-refractivity contribution in [3.05, 3.63) is 53.6 Å². The van der Waals surface area contributed by atoms with Gasteiger partial charge in [-0.2, -0.15) is 0 Å². The molecular formula is C19H24N2O4S. The quantitative estimate of drug-likeness (QED) is 0.777. The number of ether oxygens (including phenoxy) is 1. The van der Waals surface area contributed by atoms with Gasteiger partial charge in [0.15, 0.2) is 0 Å². The standard InChI is InChI=1S/C19H24N2O4S/c1-13(2)12-20-26(23,24)16-7-5-6-15(11-16)19(22)21-17-10-14(3)8-9-18(17)25-4/h5-11,13,20H,12H2,1-4H3,(H,21,22). The second-order valence-corrected chi connectivity index (χ2v) is 8.20. The molecule has 0 unspecified atom stereocenters. The Morgan fingerprint density at radius 3 is 2.54 bits per heavy atom. The summed E-state index contributed by atoms with van der Waals surface area (Å²) in [6.45, 7) is 6.07. The maximum absolute atomic E-state index is 12.6. The van der Waals surface area contributed by atoms with Crippen LogP contribution in [0, 0.1) is 12.8 Å². The minimum absolute atomic E-state index is 0.0574. The Morgan fingerprint density at radius 2 is 1.88 bits per heavy atom. The van der Waals surface area contributed by atoms with E-state index in [4.69, 9.17) is 4.74 Å². The highest BCUT2D eigenvalue weighted by Crippen LogP contribution is 2.26. The highest BCUT2D eigenvalue weighted by Gasteiger charge is 2.17. The zero-order valence-corrected chi connectivity index (χ0v) is 16.2. The molecule has 2 rings (SSSR count). The fourth-order valence-corrected chi connectivity index (χ4v) is 3.54. The number of benzene rings is 2. The number of rotatable bonds is 7. The maximum atomic E-state index is 12.6. The molecule has 26 heavy (non-hydrogen) atoms. The van der Waals surface area contributed by atoms with Gasteiger partial charge in [-0.15, -0.1) is 0 Å². The predicted molar refractivity (Wildman–Crippen MR) is 102 cm³/mol. The molecule has 140 valence electrons. The lowest BCUT2D eigenvalue weighted by Crippen LogP contribution is -2.27. The first-order chi connectivity index (χ1) is 12.2. The monoisotopic (exact) mass is 376 g/mol. The fourth-order valence-electron chi connectivity index (χ4n) is 2.28. The predicted octanol–water partition coefficient (Wildman–Crippen LogP) is 3.19.